The molecule has 4 radical (unpaired) electrons. The van der Waals surface area contributed by atoms with Gasteiger partial charge in [-0.05, 0) is 0 Å². The van der Waals surface area contributed by atoms with Crippen molar-refractivity contribution in [2.75, 3.05) is 0 Å². The Balaban J connectivity index is 0.000000347. The maximum atomic E-state index is 6.95. The molecule has 0 aromatic carbocycles. The van der Waals surface area contributed by atoms with Gasteiger partial charge in [0, 0.05) is 17.6 Å². The van der Waals surface area contributed by atoms with Crippen molar-refractivity contribution in [2.45, 2.75) is 114 Å². The molecule has 0 amide bonds. The van der Waals surface area contributed by atoms with Crippen LogP contribution in [0.25, 0.3) is 0 Å². The van der Waals surface area contributed by atoms with Crippen LogP contribution in [0.5, 0.6) is 0 Å². The fraction of sp³-hybridized carbons (Fsp3) is 0.917. The Morgan fingerprint density at radius 2 is 1.30 bits per heavy atom. The summed E-state index contributed by atoms with van der Waals surface area (Å²) in [6, 6.07) is 0. The van der Waals surface area contributed by atoms with Gasteiger partial charge < -0.3 is 0 Å². The predicted octanol–water partition coefficient (Wildman–Crippen LogP) is 7.51. The summed E-state index contributed by atoms with van der Waals surface area (Å²) in [6.07, 6.45) is 11.0. The van der Waals surface area contributed by atoms with Gasteiger partial charge in [-0.15, -0.1) is 0 Å². The number of allylic oxidation sites excluding steroid dienone is 2. The van der Waals surface area contributed by atoms with Crippen LogP contribution < -0.4 is 0 Å². The predicted molar refractivity (Wildman–Crippen MR) is 140 cm³/mol. The third-order valence-electron chi connectivity index (χ3n) is 6.22. The molecule has 4 bridgehead atoms. The second-order valence-corrected chi connectivity index (χ2v) is 25.7. The van der Waals surface area contributed by atoms with E-state index in [1.165, 1.54) is 43.8 Å². The molecule has 1 unspecified atom stereocenters. The molecule has 5 rings (SSSR count). The molecule has 6 heteroatoms. The van der Waals surface area contributed by atoms with E-state index < -0.39 is 8.32 Å². The summed E-state index contributed by atoms with van der Waals surface area (Å²) in [5.74, 6) is 4.03. The Kier molecular flexibility index (Phi) is 9.65. The molecule has 172 valence electrons. The zero-order chi connectivity index (χ0) is 22.7. The minimum absolute atomic E-state index is 0.120. The van der Waals surface area contributed by atoms with Crippen LogP contribution >= 0.6 is 0 Å². The van der Waals surface area contributed by atoms with Crippen molar-refractivity contribution in [1.29, 1.82) is 0 Å². The average Bonchev–Trinajstić information content (AvgIpc) is 2.50. The number of hydrogen-bond donors (Lipinski definition) is 0. The molecule has 0 aromatic rings. The van der Waals surface area contributed by atoms with Gasteiger partial charge in [-0.25, -0.2) is 0 Å². The molecule has 1 atom stereocenters. The molecule has 4 aliphatic carbocycles. The largest absolute Gasteiger partial charge is 0.0715 e. The van der Waals surface area contributed by atoms with Crippen molar-refractivity contribution >= 4 is 41.3 Å². The molecule has 0 saturated heterocycles. The molecule has 4 saturated carbocycles. The average molecular weight is 526 g/mol. The van der Waals surface area contributed by atoms with Crippen molar-refractivity contribution in [1.82, 2.24) is 0 Å². The number of hydrogen-bond acceptors (Lipinski definition) is 2. The zero-order valence-corrected chi connectivity index (χ0v) is 26.7. The Morgan fingerprint density at radius 3 is 1.63 bits per heavy atom. The first-order chi connectivity index (χ1) is 13.8. The van der Waals surface area contributed by atoms with E-state index in [0.29, 0.717) is 5.41 Å². The van der Waals surface area contributed by atoms with E-state index in [0.717, 1.165) is 23.5 Å². The Hall–Kier alpha value is 0.694. The van der Waals surface area contributed by atoms with Gasteiger partial charge in [0.05, 0.1) is 0 Å². The van der Waals surface area contributed by atoms with Crippen LogP contribution in [0.4, 0.5) is 0 Å². The molecule has 0 spiro atoms. The normalized spacial score (nSPS) is 37.1. The minimum Gasteiger partial charge on any atom is -0.0715 e. The van der Waals surface area contributed by atoms with Crippen LogP contribution in [-0.2, 0) is 9.16 Å². The summed E-state index contributed by atoms with van der Waals surface area (Å²) in [4.78, 5) is 0. The van der Waals surface area contributed by atoms with Crippen molar-refractivity contribution < 1.29 is 9.16 Å². The quantitative estimate of drug-likeness (QED) is 0.355. The molecule has 5 aliphatic rings. The van der Waals surface area contributed by atoms with Crippen molar-refractivity contribution in [2.24, 2.45) is 23.2 Å². The minimum atomic E-state index is -1.62. The van der Waals surface area contributed by atoms with E-state index in [9.17, 15) is 0 Å². The van der Waals surface area contributed by atoms with E-state index in [1.807, 2.05) is 0 Å². The van der Waals surface area contributed by atoms with Crippen LogP contribution in [-0.4, -0.2) is 46.0 Å². The van der Waals surface area contributed by atoms with E-state index in [1.54, 1.807) is 0 Å². The van der Waals surface area contributed by atoms with E-state index in [2.05, 4.69) is 71.9 Å². The van der Waals surface area contributed by atoms with Gasteiger partial charge in [-0.1, -0.05) is 39.3 Å². The maximum Gasteiger partial charge on any atom is 0.0379 e. The summed E-state index contributed by atoms with van der Waals surface area (Å²) in [6.45, 7) is 22.8. The summed E-state index contributed by atoms with van der Waals surface area (Å²) >= 11 is -0.240. The van der Waals surface area contributed by atoms with Gasteiger partial charge in [0.25, 0.3) is 0 Å². The molecule has 1 aliphatic heterocycles. The maximum absolute atomic E-state index is 6.95. The number of ether oxygens (including phenoxy) is 1. The van der Waals surface area contributed by atoms with Gasteiger partial charge in [0.1, 0.15) is 0 Å². The van der Waals surface area contributed by atoms with Crippen molar-refractivity contribution in [3.8, 4) is 0 Å². The Morgan fingerprint density at radius 1 is 0.900 bits per heavy atom. The molecule has 2 nitrogen and oxygen atoms in total. The van der Waals surface area contributed by atoms with Gasteiger partial charge in [-0.2, -0.15) is 0 Å². The van der Waals surface area contributed by atoms with Crippen LogP contribution in [0.2, 0.25) is 64.2 Å². The van der Waals surface area contributed by atoms with Crippen LogP contribution in [0.15, 0.2) is 11.8 Å². The zero-order valence-electron chi connectivity index (χ0n) is 21.6. The third-order valence-corrected chi connectivity index (χ3v) is 10.9. The van der Waals surface area contributed by atoms with Crippen molar-refractivity contribution in [3.63, 3.8) is 0 Å². The van der Waals surface area contributed by atoms with Crippen LogP contribution in [0, 0.1) is 23.2 Å². The molecule has 1 heterocycles. The van der Waals surface area contributed by atoms with Crippen LogP contribution in [0.3, 0.4) is 0 Å². The Bertz CT molecular complexity index is 539. The first kappa shape index (κ1) is 26.9. The molecule has 4 fully saturated rings. The first-order valence-corrected chi connectivity index (χ1v) is 24.0. The van der Waals surface area contributed by atoms with Gasteiger partial charge >= 0.3 is 143 Å². The summed E-state index contributed by atoms with van der Waals surface area (Å²) in [5.41, 5.74) is 0.359. The Labute approximate surface area is 199 Å². The monoisotopic (exact) mass is 526 g/mol. The summed E-state index contributed by atoms with van der Waals surface area (Å²) < 4.78 is 13.4. The molecule has 0 N–H and O–H groups in total. The van der Waals surface area contributed by atoms with Gasteiger partial charge in [-0.3, -0.25) is 0 Å². The van der Waals surface area contributed by atoms with Crippen molar-refractivity contribution in [3.05, 3.63) is 11.8 Å². The second-order valence-electron chi connectivity index (χ2n) is 12.3. The summed E-state index contributed by atoms with van der Waals surface area (Å²) in [5, 5.41) is 1.25. The number of rotatable bonds is 3. The van der Waals surface area contributed by atoms with Crippen LogP contribution in [0.1, 0.15) is 45.4 Å². The SMILES string of the molecule is CC1=C[CH2][Ge][C](O[Si](C)(C)C)(C23CC4CC(CC(C4)C2)C3)O1.C[Si](C)C.C[Si](C)C. The topological polar surface area (TPSA) is 18.5 Å². The molecule has 30 heavy (non-hydrogen) atoms. The molecular weight excluding hydrogens is 477 g/mol. The van der Waals surface area contributed by atoms with E-state index >= 15 is 0 Å². The second kappa shape index (κ2) is 10.7. The van der Waals surface area contributed by atoms with Gasteiger partial charge in [0.15, 0.2) is 0 Å². The molecular formula is C24H48GeO2Si3. The summed E-state index contributed by atoms with van der Waals surface area (Å²) in [7, 11) is -1.38. The smallest absolute Gasteiger partial charge is 0.0379 e. The molecule has 0 aromatic heterocycles. The standard InChI is InChI=1S/C18H30GeO2Si.2C3H9Si/c1-13-5-6-19-18(20-13,21-22(2,3)4)17-10-14-7-15(11-17)9-16(8-14)12-17;2*1-4(2)3/h5,14-16H,6-12H2,1-4H3;2*1-3H3. The van der Waals surface area contributed by atoms with E-state index in [-0.39, 0.29) is 37.6 Å². The fourth-order valence-electron chi connectivity index (χ4n) is 6.04. The third kappa shape index (κ3) is 7.36. The van der Waals surface area contributed by atoms with Gasteiger partial charge in [0.2, 0.25) is 0 Å². The first-order valence-electron chi connectivity index (χ1n) is 12.1. The fourth-order valence-corrected chi connectivity index (χ4v) is 12.9. The van der Waals surface area contributed by atoms with E-state index in [4.69, 9.17) is 9.16 Å².